The normalized spacial score (nSPS) is 10.3. The fraction of sp³-hybridized carbons (Fsp3) is 0.231. The molecule has 1 aromatic carbocycles. The number of rotatable bonds is 4. The smallest absolute Gasteiger partial charge is 0.328 e. The number of carbonyl (C=O) groups excluding carboxylic acids is 1. The largest absolute Gasteiger partial charge is 0.497 e. The van der Waals surface area contributed by atoms with Gasteiger partial charge in [0.05, 0.1) is 13.7 Å². The second kappa shape index (κ2) is 4.91. The molecule has 1 aromatic heterocycles. The van der Waals surface area contributed by atoms with Crippen LogP contribution in [0, 0.1) is 0 Å². The summed E-state index contributed by atoms with van der Waals surface area (Å²) in [4.78, 5) is 23.6. The van der Waals surface area contributed by atoms with Crippen LogP contribution in [0.1, 0.15) is 10.4 Å². The van der Waals surface area contributed by atoms with E-state index in [0.717, 1.165) is 0 Å². The van der Waals surface area contributed by atoms with Crippen molar-refractivity contribution in [2.24, 2.45) is 7.05 Å². The summed E-state index contributed by atoms with van der Waals surface area (Å²) in [6, 6.07) is 6.83. The summed E-state index contributed by atoms with van der Waals surface area (Å²) in [5.41, 5.74) is 0.364. The van der Waals surface area contributed by atoms with Crippen molar-refractivity contribution in [3.8, 4) is 5.75 Å². The predicted molar refractivity (Wildman–Crippen MR) is 67.0 cm³/mol. The highest BCUT2D eigenvalue weighted by molar-refractivity contribution is 5.95. The van der Waals surface area contributed by atoms with Gasteiger partial charge in [-0.2, -0.15) is 0 Å². The van der Waals surface area contributed by atoms with E-state index in [1.807, 2.05) is 0 Å². The van der Waals surface area contributed by atoms with Gasteiger partial charge >= 0.3 is 5.69 Å². The Bertz CT molecular complexity index is 608. The first-order chi connectivity index (χ1) is 8.61. The number of methoxy groups -OCH3 is 1. The molecular weight excluding hydrogens is 232 g/mol. The van der Waals surface area contributed by atoms with E-state index in [4.69, 9.17) is 4.74 Å². The van der Waals surface area contributed by atoms with Crippen LogP contribution in [0.5, 0.6) is 5.75 Å². The Morgan fingerprint density at radius 1 is 1.22 bits per heavy atom. The number of ketones is 1. The second-order valence-electron chi connectivity index (χ2n) is 3.97. The van der Waals surface area contributed by atoms with Gasteiger partial charge in [-0.25, -0.2) is 4.79 Å². The van der Waals surface area contributed by atoms with E-state index in [0.29, 0.717) is 11.3 Å². The van der Waals surface area contributed by atoms with E-state index >= 15 is 0 Å². The quantitative estimate of drug-likeness (QED) is 0.758. The van der Waals surface area contributed by atoms with E-state index in [-0.39, 0.29) is 18.0 Å². The molecule has 1 heterocycles. The number of Topliss-reactive ketones (excluding diaryl/α,β-unsaturated/α-hetero) is 1. The van der Waals surface area contributed by atoms with Crippen molar-refractivity contribution in [1.82, 2.24) is 9.13 Å². The first-order valence-corrected chi connectivity index (χ1v) is 5.51. The SMILES string of the molecule is COc1ccc(C(=O)Cn2ccn(C)c2=O)cc1. The Kier molecular flexibility index (Phi) is 3.32. The van der Waals surface area contributed by atoms with Gasteiger partial charge in [0.25, 0.3) is 0 Å². The number of aryl methyl sites for hydroxylation is 1. The molecule has 0 amide bonds. The van der Waals surface area contributed by atoms with E-state index < -0.39 is 0 Å². The van der Waals surface area contributed by atoms with E-state index in [1.54, 1.807) is 50.8 Å². The fourth-order valence-electron chi connectivity index (χ4n) is 1.65. The Hall–Kier alpha value is -2.30. The third-order valence-electron chi connectivity index (χ3n) is 2.74. The van der Waals surface area contributed by atoms with Crippen LogP contribution in [0.3, 0.4) is 0 Å². The Labute approximate surface area is 104 Å². The van der Waals surface area contributed by atoms with E-state index in [1.165, 1.54) is 9.13 Å². The molecule has 5 nitrogen and oxygen atoms in total. The first kappa shape index (κ1) is 12.2. The molecule has 0 bridgehead atoms. The van der Waals surface area contributed by atoms with Gasteiger partial charge in [-0.1, -0.05) is 0 Å². The topological polar surface area (TPSA) is 53.2 Å². The maximum absolute atomic E-state index is 12.0. The lowest BCUT2D eigenvalue weighted by Gasteiger charge is -2.03. The Morgan fingerprint density at radius 2 is 1.89 bits per heavy atom. The van der Waals surface area contributed by atoms with Crippen LogP contribution < -0.4 is 10.4 Å². The van der Waals surface area contributed by atoms with Gasteiger partial charge in [0.15, 0.2) is 5.78 Å². The molecule has 5 heteroatoms. The van der Waals surface area contributed by atoms with Gasteiger partial charge in [0.2, 0.25) is 0 Å². The van der Waals surface area contributed by atoms with Crippen LogP contribution in [0.4, 0.5) is 0 Å². The molecule has 0 radical (unpaired) electrons. The van der Waals surface area contributed by atoms with Crippen LogP contribution in [0.15, 0.2) is 41.5 Å². The molecule has 0 aliphatic carbocycles. The summed E-state index contributed by atoms with van der Waals surface area (Å²) >= 11 is 0. The number of hydrogen-bond donors (Lipinski definition) is 0. The average molecular weight is 246 g/mol. The zero-order chi connectivity index (χ0) is 13.1. The number of hydrogen-bond acceptors (Lipinski definition) is 3. The average Bonchev–Trinajstić information content (AvgIpc) is 2.71. The third-order valence-corrected chi connectivity index (χ3v) is 2.74. The van der Waals surface area contributed by atoms with Gasteiger partial charge < -0.3 is 9.30 Å². The van der Waals surface area contributed by atoms with Crippen LogP contribution in [-0.2, 0) is 13.6 Å². The number of ether oxygens (including phenoxy) is 1. The molecule has 2 aromatic rings. The van der Waals surface area contributed by atoms with Gasteiger partial charge in [0.1, 0.15) is 5.75 Å². The Balaban J connectivity index is 2.16. The highest BCUT2D eigenvalue weighted by Gasteiger charge is 2.09. The number of benzene rings is 1. The minimum atomic E-state index is -0.197. The molecule has 0 N–H and O–H groups in total. The summed E-state index contributed by atoms with van der Waals surface area (Å²) in [6.45, 7) is 0.0476. The van der Waals surface area contributed by atoms with Gasteiger partial charge in [-0.05, 0) is 24.3 Å². The molecule has 94 valence electrons. The molecule has 18 heavy (non-hydrogen) atoms. The molecule has 0 atom stereocenters. The van der Waals surface area contributed by atoms with Crippen molar-refractivity contribution < 1.29 is 9.53 Å². The van der Waals surface area contributed by atoms with E-state index in [9.17, 15) is 9.59 Å². The lowest BCUT2D eigenvalue weighted by Crippen LogP contribution is -2.25. The monoisotopic (exact) mass is 246 g/mol. The highest BCUT2D eigenvalue weighted by atomic mass is 16.5. The number of carbonyl (C=O) groups is 1. The summed E-state index contributed by atoms with van der Waals surface area (Å²) in [6.07, 6.45) is 3.23. The van der Waals surface area contributed by atoms with Crippen LogP contribution in [-0.4, -0.2) is 22.0 Å². The molecule has 0 spiro atoms. The third kappa shape index (κ3) is 2.34. The van der Waals surface area contributed by atoms with Crippen molar-refractivity contribution in [3.63, 3.8) is 0 Å². The lowest BCUT2D eigenvalue weighted by atomic mass is 10.1. The predicted octanol–water partition coefficient (Wildman–Crippen LogP) is 1.08. The minimum Gasteiger partial charge on any atom is -0.497 e. The van der Waals surface area contributed by atoms with E-state index in [2.05, 4.69) is 0 Å². The molecule has 0 saturated heterocycles. The second-order valence-corrected chi connectivity index (χ2v) is 3.97. The van der Waals surface area contributed by atoms with Crippen LogP contribution in [0.25, 0.3) is 0 Å². The molecular formula is C13H14N2O3. The first-order valence-electron chi connectivity index (χ1n) is 5.51. The number of nitrogens with zero attached hydrogens (tertiary/aromatic N) is 2. The van der Waals surface area contributed by atoms with Gasteiger partial charge in [-0.3, -0.25) is 9.36 Å². The lowest BCUT2D eigenvalue weighted by molar-refractivity contribution is 0.0970. The minimum absolute atomic E-state index is 0.0476. The summed E-state index contributed by atoms with van der Waals surface area (Å²) in [5.74, 6) is 0.592. The molecule has 0 aliphatic heterocycles. The van der Waals surface area contributed by atoms with Crippen LogP contribution in [0.2, 0.25) is 0 Å². The summed E-state index contributed by atoms with van der Waals surface area (Å²) in [7, 11) is 3.22. The molecule has 0 fully saturated rings. The summed E-state index contributed by atoms with van der Waals surface area (Å²) in [5, 5.41) is 0. The number of aromatic nitrogens is 2. The number of imidazole rings is 1. The Morgan fingerprint density at radius 3 is 2.39 bits per heavy atom. The zero-order valence-corrected chi connectivity index (χ0v) is 10.3. The molecule has 0 saturated carbocycles. The maximum atomic E-state index is 12.0. The van der Waals surface area contributed by atoms with Crippen molar-refractivity contribution in [2.75, 3.05) is 7.11 Å². The van der Waals surface area contributed by atoms with Crippen molar-refractivity contribution in [1.29, 1.82) is 0 Å². The molecule has 0 aliphatic rings. The zero-order valence-electron chi connectivity index (χ0n) is 10.3. The van der Waals surface area contributed by atoms with Crippen molar-refractivity contribution >= 4 is 5.78 Å². The van der Waals surface area contributed by atoms with Crippen LogP contribution >= 0.6 is 0 Å². The summed E-state index contributed by atoms with van der Waals surface area (Å²) < 4.78 is 7.83. The fourth-order valence-corrected chi connectivity index (χ4v) is 1.65. The van der Waals surface area contributed by atoms with Gasteiger partial charge in [0, 0.05) is 25.0 Å². The standard InChI is InChI=1S/C13H14N2O3/c1-14-7-8-15(13(14)17)9-12(16)10-3-5-11(18-2)6-4-10/h3-8H,9H2,1-2H3. The van der Waals surface area contributed by atoms with Crippen molar-refractivity contribution in [3.05, 3.63) is 52.7 Å². The molecule has 2 rings (SSSR count). The highest BCUT2D eigenvalue weighted by Crippen LogP contribution is 2.12. The molecule has 0 unspecified atom stereocenters. The van der Waals surface area contributed by atoms with Crippen molar-refractivity contribution in [2.45, 2.75) is 6.54 Å². The maximum Gasteiger partial charge on any atom is 0.328 e. The van der Waals surface area contributed by atoms with Gasteiger partial charge in [-0.15, -0.1) is 0 Å².